The molecule has 0 radical (unpaired) electrons. The summed E-state index contributed by atoms with van der Waals surface area (Å²) < 4.78 is 5.44. The molecule has 0 aliphatic carbocycles. The van der Waals surface area contributed by atoms with Gasteiger partial charge in [-0.1, -0.05) is 31.2 Å². The van der Waals surface area contributed by atoms with E-state index in [2.05, 4.69) is 17.2 Å². The van der Waals surface area contributed by atoms with E-state index in [0.717, 1.165) is 36.5 Å². The van der Waals surface area contributed by atoms with E-state index in [4.69, 9.17) is 4.74 Å². The van der Waals surface area contributed by atoms with Crippen molar-refractivity contribution >= 4 is 18.3 Å². The molecule has 1 fully saturated rings. The van der Waals surface area contributed by atoms with Crippen LogP contribution in [0.1, 0.15) is 36.4 Å². The molecular weight excluding hydrogens is 350 g/mol. The molecule has 0 bridgehead atoms. The third kappa shape index (κ3) is 4.54. The number of amides is 1. The van der Waals surface area contributed by atoms with Crippen LogP contribution in [-0.2, 0) is 4.79 Å². The second kappa shape index (κ2) is 9.55. The Morgan fingerprint density at radius 2 is 2.15 bits per heavy atom. The Balaban J connectivity index is 0.00000243. The lowest BCUT2D eigenvalue weighted by Crippen LogP contribution is -2.48. The first-order valence-corrected chi connectivity index (χ1v) is 8.73. The van der Waals surface area contributed by atoms with Gasteiger partial charge < -0.3 is 15.0 Å². The molecule has 140 valence electrons. The predicted octanol–water partition coefficient (Wildman–Crippen LogP) is 3.18. The van der Waals surface area contributed by atoms with Gasteiger partial charge >= 0.3 is 0 Å². The number of methoxy groups -OCH3 is 1. The van der Waals surface area contributed by atoms with Gasteiger partial charge in [-0.15, -0.1) is 12.4 Å². The van der Waals surface area contributed by atoms with Crippen LogP contribution in [0.25, 0.3) is 0 Å². The van der Waals surface area contributed by atoms with Crippen molar-refractivity contribution in [1.29, 1.82) is 0 Å². The van der Waals surface area contributed by atoms with Crippen LogP contribution in [0.4, 0.5) is 0 Å². The van der Waals surface area contributed by atoms with Crippen molar-refractivity contribution < 1.29 is 9.53 Å². The molecule has 1 aromatic heterocycles. The largest absolute Gasteiger partial charge is 0.496 e. The molecule has 1 aromatic carbocycles. The summed E-state index contributed by atoms with van der Waals surface area (Å²) in [7, 11) is 1.67. The Bertz CT molecular complexity index is 711. The first-order chi connectivity index (χ1) is 12.2. The molecular formula is C20H26ClN3O2. The van der Waals surface area contributed by atoms with Crippen LogP contribution >= 0.6 is 12.4 Å². The van der Waals surface area contributed by atoms with Gasteiger partial charge in [-0.25, -0.2) is 0 Å². The molecule has 2 heterocycles. The third-order valence-corrected chi connectivity index (χ3v) is 4.78. The highest BCUT2D eigenvalue weighted by molar-refractivity contribution is 5.85. The van der Waals surface area contributed by atoms with Crippen molar-refractivity contribution in [3.63, 3.8) is 0 Å². The number of para-hydroxylation sites is 1. The third-order valence-electron chi connectivity index (χ3n) is 4.78. The normalized spacial score (nSPS) is 17.9. The molecule has 1 saturated heterocycles. The van der Waals surface area contributed by atoms with E-state index in [1.807, 2.05) is 47.5 Å². The van der Waals surface area contributed by atoms with Gasteiger partial charge in [0.05, 0.1) is 13.2 Å². The van der Waals surface area contributed by atoms with E-state index in [0.29, 0.717) is 6.42 Å². The average Bonchev–Trinajstić information content (AvgIpc) is 2.68. The molecule has 1 aliphatic rings. The quantitative estimate of drug-likeness (QED) is 0.872. The Labute approximate surface area is 161 Å². The van der Waals surface area contributed by atoms with E-state index in [1.165, 1.54) is 0 Å². The maximum Gasteiger partial charge on any atom is 0.223 e. The zero-order chi connectivity index (χ0) is 17.6. The van der Waals surface area contributed by atoms with Crippen molar-refractivity contribution in [1.82, 2.24) is 15.2 Å². The minimum atomic E-state index is 0. The van der Waals surface area contributed by atoms with Gasteiger partial charge in [0.15, 0.2) is 0 Å². The highest BCUT2D eigenvalue weighted by atomic mass is 35.5. The first kappa shape index (κ1) is 20.2. The molecule has 5 nitrogen and oxygen atoms in total. The molecule has 1 N–H and O–H groups in total. The predicted molar refractivity (Wildman–Crippen MR) is 105 cm³/mol. The van der Waals surface area contributed by atoms with Crippen LogP contribution in [0.2, 0.25) is 0 Å². The monoisotopic (exact) mass is 375 g/mol. The molecule has 0 spiro atoms. The Kier molecular flexibility index (Phi) is 7.42. The molecule has 0 saturated carbocycles. The number of nitrogens with one attached hydrogen (secondary N) is 1. The number of aromatic nitrogens is 1. The van der Waals surface area contributed by atoms with Crippen molar-refractivity contribution in [3.8, 4) is 5.75 Å². The molecule has 26 heavy (non-hydrogen) atoms. The average molecular weight is 376 g/mol. The van der Waals surface area contributed by atoms with E-state index < -0.39 is 0 Å². The number of carbonyl (C=O) groups excluding carboxylic acids is 1. The number of hydrogen-bond donors (Lipinski definition) is 1. The number of carbonyl (C=O) groups is 1. The lowest BCUT2D eigenvalue weighted by Gasteiger charge is -2.37. The minimum Gasteiger partial charge on any atom is -0.496 e. The number of nitrogens with zero attached hydrogens (tertiary/aromatic N) is 2. The van der Waals surface area contributed by atoms with Crippen LogP contribution in [0.3, 0.4) is 0 Å². The fourth-order valence-electron chi connectivity index (χ4n) is 3.44. The van der Waals surface area contributed by atoms with Crippen molar-refractivity contribution in [2.24, 2.45) is 0 Å². The summed E-state index contributed by atoms with van der Waals surface area (Å²) in [5.41, 5.74) is 2.15. The van der Waals surface area contributed by atoms with Crippen molar-refractivity contribution in [3.05, 3.63) is 59.9 Å². The summed E-state index contributed by atoms with van der Waals surface area (Å²) >= 11 is 0. The van der Waals surface area contributed by atoms with Crippen LogP contribution in [0, 0.1) is 0 Å². The van der Waals surface area contributed by atoms with Gasteiger partial charge in [-0.05, 0) is 29.2 Å². The number of benzene rings is 1. The lowest BCUT2D eigenvalue weighted by molar-refractivity contribution is -0.134. The number of ether oxygens (including phenoxy) is 1. The van der Waals surface area contributed by atoms with Gasteiger partial charge in [0.25, 0.3) is 0 Å². The van der Waals surface area contributed by atoms with Gasteiger partial charge in [0.1, 0.15) is 5.75 Å². The van der Waals surface area contributed by atoms with Gasteiger partial charge in [0, 0.05) is 38.4 Å². The summed E-state index contributed by atoms with van der Waals surface area (Å²) in [4.78, 5) is 19.2. The number of pyridine rings is 1. The number of piperazine rings is 1. The van der Waals surface area contributed by atoms with Crippen molar-refractivity contribution in [2.45, 2.75) is 25.3 Å². The number of halogens is 1. The molecule has 3 rings (SSSR count). The molecule has 1 aliphatic heterocycles. The standard InChI is InChI=1S/C20H25N3O2.ClH/c1-15(17-7-3-4-8-19(17)25-2)12-20(24)23-11-10-22-14-18(23)16-6-5-9-21-13-16;/h3-9,13,15,18,22H,10-12,14H2,1-2H3;1H. The lowest BCUT2D eigenvalue weighted by atomic mass is 9.95. The zero-order valence-electron chi connectivity index (χ0n) is 15.2. The summed E-state index contributed by atoms with van der Waals surface area (Å²) in [5, 5.41) is 3.38. The van der Waals surface area contributed by atoms with Gasteiger partial charge in [-0.3, -0.25) is 9.78 Å². The molecule has 1 amide bonds. The number of hydrogen-bond acceptors (Lipinski definition) is 4. The maximum atomic E-state index is 13.0. The summed E-state index contributed by atoms with van der Waals surface area (Å²) in [6.07, 6.45) is 4.08. The zero-order valence-corrected chi connectivity index (χ0v) is 16.0. The van der Waals surface area contributed by atoms with Crippen LogP contribution in [-0.4, -0.2) is 42.5 Å². The van der Waals surface area contributed by atoms with Gasteiger partial charge in [0.2, 0.25) is 5.91 Å². The SMILES string of the molecule is COc1ccccc1C(C)CC(=O)N1CCNCC1c1cccnc1.Cl. The fourth-order valence-corrected chi connectivity index (χ4v) is 3.44. The number of rotatable bonds is 5. The molecule has 6 heteroatoms. The highest BCUT2D eigenvalue weighted by Gasteiger charge is 2.29. The van der Waals surface area contributed by atoms with Crippen molar-refractivity contribution in [2.75, 3.05) is 26.7 Å². The van der Waals surface area contributed by atoms with Crippen LogP contribution in [0.5, 0.6) is 5.75 Å². The molecule has 2 atom stereocenters. The topological polar surface area (TPSA) is 54.5 Å². The summed E-state index contributed by atoms with van der Waals surface area (Å²) in [6, 6.07) is 11.9. The van der Waals surface area contributed by atoms with E-state index in [9.17, 15) is 4.79 Å². The summed E-state index contributed by atoms with van der Waals surface area (Å²) in [6.45, 7) is 4.39. The second-order valence-electron chi connectivity index (χ2n) is 6.44. The summed E-state index contributed by atoms with van der Waals surface area (Å²) in [5.74, 6) is 1.12. The Morgan fingerprint density at radius 3 is 2.88 bits per heavy atom. The van der Waals surface area contributed by atoms with E-state index in [1.54, 1.807) is 13.3 Å². The smallest absolute Gasteiger partial charge is 0.223 e. The highest BCUT2D eigenvalue weighted by Crippen LogP contribution is 2.30. The minimum absolute atomic E-state index is 0. The van der Waals surface area contributed by atoms with Crippen LogP contribution < -0.4 is 10.1 Å². The maximum absolute atomic E-state index is 13.0. The molecule has 2 aromatic rings. The second-order valence-corrected chi connectivity index (χ2v) is 6.44. The Morgan fingerprint density at radius 1 is 1.35 bits per heavy atom. The molecule has 2 unspecified atom stereocenters. The Hall–Kier alpha value is -2.11. The first-order valence-electron chi connectivity index (χ1n) is 8.73. The van der Waals surface area contributed by atoms with E-state index in [-0.39, 0.29) is 30.3 Å². The van der Waals surface area contributed by atoms with Gasteiger partial charge in [-0.2, -0.15) is 0 Å². The van der Waals surface area contributed by atoms with Crippen LogP contribution in [0.15, 0.2) is 48.8 Å². The van der Waals surface area contributed by atoms with E-state index >= 15 is 0 Å². The fraction of sp³-hybridized carbons (Fsp3) is 0.400.